The number of nitrogens with one attached hydrogen (secondary N) is 2. The number of aliphatic imine (C=N–C) groups is 1. The van der Waals surface area contributed by atoms with Crippen LogP contribution in [0, 0.1) is 0 Å². The SMILES string of the molecule is CCNC(=NCc1ccc(O)cc1)NC(C)c1cc2ccccc2o1.I. The van der Waals surface area contributed by atoms with Gasteiger partial charge in [0.25, 0.3) is 0 Å². The average Bonchev–Trinajstić information content (AvgIpc) is 3.05. The average molecular weight is 465 g/mol. The van der Waals surface area contributed by atoms with Gasteiger partial charge in [0, 0.05) is 11.9 Å². The smallest absolute Gasteiger partial charge is 0.192 e. The zero-order valence-electron chi connectivity index (χ0n) is 14.9. The van der Waals surface area contributed by atoms with E-state index in [9.17, 15) is 5.11 Å². The molecular formula is C20H24IN3O2. The van der Waals surface area contributed by atoms with E-state index >= 15 is 0 Å². The molecule has 26 heavy (non-hydrogen) atoms. The quantitative estimate of drug-likeness (QED) is 0.293. The molecular weight excluding hydrogens is 441 g/mol. The lowest BCUT2D eigenvalue weighted by Gasteiger charge is -2.16. The molecule has 0 spiro atoms. The van der Waals surface area contributed by atoms with Gasteiger partial charge in [0.05, 0.1) is 12.6 Å². The molecule has 6 heteroatoms. The Bertz CT molecular complexity index is 826. The van der Waals surface area contributed by atoms with E-state index in [0.717, 1.165) is 34.8 Å². The first-order valence-corrected chi connectivity index (χ1v) is 8.47. The Morgan fingerprint density at radius 1 is 1.15 bits per heavy atom. The van der Waals surface area contributed by atoms with Gasteiger partial charge in [-0.05, 0) is 43.7 Å². The molecule has 0 amide bonds. The number of guanidine groups is 1. The number of hydrogen-bond acceptors (Lipinski definition) is 3. The number of rotatable bonds is 5. The normalized spacial score (nSPS) is 12.5. The molecule has 1 atom stereocenters. The van der Waals surface area contributed by atoms with Crippen LogP contribution in [0.3, 0.4) is 0 Å². The fraction of sp³-hybridized carbons (Fsp3) is 0.250. The summed E-state index contributed by atoms with van der Waals surface area (Å²) in [5, 5.41) is 17.1. The minimum Gasteiger partial charge on any atom is -0.508 e. The number of nitrogens with zero attached hydrogens (tertiary/aromatic N) is 1. The number of phenolic OH excluding ortho intramolecular Hbond substituents is 1. The highest BCUT2D eigenvalue weighted by atomic mass is 127. The molecule has 0 saturated carbocycles. The second kappa shape index (κ2) is 9.47. The lowest BCUT2D eigenvalue weighted by Crippen LogP contribution is -2.38. The Kier molecular flexibility index (Phi) is 7.32. The topological polar surface area (TPSA) is 69.8 Å². The van der Waals surface area contributed by atoms with Crippen molar-refractivity contribution in [3.05, 3.63) is 65.9 Å². The van der Waals surface area contributed by atoms with E-state index in [1.807, 2.05) is 50.2 Å². The number of hydrogen-bond donors (Lipinski definition) is 3. The maximum atomic E-state index is 9.35. The van der Waals surface area contributed by atoms with Crippen molar-refractivity contribution in [1.82, 2.24) is 10.6 Å². The van der Waals surface area contributed by atoms with Gasteiger partial charge in [-0.3, -0.25) is 0 Å². The minimum absolute atomic E-state index is 0. The first-order valence-electron chi connectivity index (χ1n) is 8.47. The van der Waals surface area contributed by atoms with Gasteiger partial charge < -0.3 is 20.2 Å². The van der Waals surface area contributed by atoms with Crippen LogP contribution >= 0.6 is 24.0 Å². The summed E-state index contributed by atoms with van der Waals surface area (Å²) in [5.74, 6) is 1.86. The van der Waals surface area contributed by atoms with E-state index in [1.54, 1.807) is 12.1 Å². The van der Waals surface area contributed by atoms with Gasteiger partial charge in [0.1, 0.15) is 17.1 Å². The number of furan rings is 1. The van der Waals surface area contributed by atoms with Gasteiger partial charge in [-0.1, -0.05) is 30.3 Å². The fourth-order valence-corrected chi connectivity index (χ4v) is 2.58. The van der Waals surface area contributed by atoms with Crippen LogP contribution in [0.15, 0.2) is 64.0 Å². The molecule has 0 radical (unpaired) electrons. The van der Waals surface area contributed by atoms with Crippen molar-refractivity contribution in [1.29, 1.82) is 0 Å². The molecule has 0 fully saturated rings. The third kappa shape index (κ3) is 5.14. The molecule has 1 aromatic heterocycles. The highest BCUT2D eigenvalue weighted by Crippen LogP contribution is 2.23. The fourth-order valence-electron chi connectivity index (χ4n) is 2.58. The molecule has 3 rings (SSSR count). The minimum atomic E-state index is -0.00924. The first-order chi connectivity index (χ1) is 12.2. The van der Waals surface area contributed by atoms with E-state index in [1.165, 1.54) is 0 Å². The van der Waals surface area contributed by atoms with Crippen LogP contribution in [-0.4, -0.2) is 17.6 Å². The molecule has 1 heterocycles. The summed E-state index contributed by atoms with van der Waals surface area (Å²) in [4.78, 5) is 4.60. The number of para-hydroxylation sites is 1. The molecule has 0 saturated heterocycles. The van der Waals surface area contributed by atoms with E-state index in [0.29, 0.717) is 6.54 Å². The van der Waals surface area contributed by atoms with E-state index in [2.05, 4.69) is 21.7 Å². The van der Waals surface area contributed by atoms with Crippen molar-refractivity contribution < 1.29 is 9.52 Å². The summed E-state index contributed by atoms with van der Waals surface area (Å²) in [6.07, 6.45) is 0. The van der Waals surface area contributed by atoms with Gasteiger partial charge >= 0.3 is 0 Å². The van der Waals surface area contributed by atoms with Crippen LogP contribution in [-0.2, 0) is 6.54 Å². The van der Waals surface area contributed by atoms with Crippen molar-refractivity contribution in [2.24, 2.45) is 4.99 Å². The van der Waals surface area contributed by atoms with Gasteiger partial charge in [-0.25, -0.2) is 4.99 Å². The van der Waals surface area contributed by atoms with Crippen molar-refractivity contribution in [2.45, 2.75) is 26.4 Å². The molecule has 3 N–H and O–H groups in total. The Balaban J connectivity index is 0.00000243. The number of halogens is 1. The molecule has 0 bridgehead atoms. The van der Waals surface area contributed by atoms with Crippen LogP contribution in [0.25, 0.3) is 11.0 Å². The summed E-state index contributed by atoms with van der Waals surface area (Å²) in [6.45, 7) is 5.38. The van der Waals surface area contributed by atoms with Crippen LogP contribution in [0.1, 0.15) is 31.2 Å². The molecule has 138 valence electrons. The monoisotopic (exact) mass is 465 g/mol. The zero-order chi connectivity index (χ0) is 17.6. The summed E-state index contributed by atoms with van der Waals surface area (Å²) < 4.78 is 5.91. The maximum absolute atomic E-state index is 9.35. The summed E-state index contributed by atoms with van der Waals surface area (Å²) in [7, 11) is 0. The standard InChI is InChI=1S/C20H23N3O2.HI/c1-3-21-20(22-13-15-8-10-17(24)11-9-15)23-14(2)19-12-16-6-4-5-7-18(16)25-19;/h4-12,14,24H,3,13H2,1-2H3,(H2,21,22,23);1H. The Morgan fingerprint density at radius 2 is 1.88 bits per heavy atom. The predicted molar refractivity (Wildman–Crippen MR) is 116 cm³/mol. The highest BCUT2D eigenvalue weighted by Gasteiger charge is 2.12. The lowest BCUT2D eigenvalue weighted by molar-refractivity contribution is 0.475. The Morgan fingerprint density at radius 3 is 2.58 bits per heavy atom. The third-order valence-corrected chi connectivity index (χ3v) is 3.92. The molecule has 5 nitrogen and oxygen atoms in total. The second-order valence-corrected chi connectivity index (χ2v) is 5.91. The zero-order valence-corrected chi connectivity index (χ0v) is 17.2. The lowest BCUT2D eigenvalue weighted by atomic mass is 10.2. The van der Waals surface area contributed by atoms with Crippen LogP contribution in [0.5, 0.6) is 5.75 Å². The van der Waals surface area contributed by atoms with Gasteiger partial charge in [-0.15, -0.1) is 24.0 Å². The predicted octanol–water partition coefficient (Wildman–Crippen LogP) is 4.57. The maximum Gasteiger partial charge on any atom is 0.192 e. The molecule has 0 aliphatic carbocycles. The Hall–Kier alpha value is -2.22. The summed E-state index contributed by atoms with van der Waals surface area (Å²) >= 11 is 0. The van der Waals surface area contributed by atoms with Gasteiger partial charge in [0.15, 0.2) is 5.96 Å². The molecule has 3 aromatic rings. The number of phenols is 1. The molecule has 1 unspecified atom stereocenters. The van der Waals surface area contributed by atoms with Crippen molar-refractivity contribution in [3.8, 4) is 5.75 Å². The largest absolute Gasteiger partial charge is 0.508 e. The van der Waals surface area contributed by atoms with Crippen LogP contribution < -0.4 is 10.6 Å². The molecule has 0 aliphatic heterocycles. The van der Waals surface area contributed by atoms with Gasteiger partial charge in [-0.2, -0.15) is 0 Å². The van der Waals surface area contributed by atoms with Crippen molar-refractivity contribution in [3.63, 3.8) is 0 Å². The van der Waals surface area contributed by atoms with Crippen molar-refractivity contribution in [2.75, 3.05) is 6.54 Å². The summed E-state index contributed by atoms with van der Waals surface area (Å²) in [5.41, 5.74) is 1.92. The van der Waals surface area contributed by atoms with Crippen molar-refractivity contribution >= 4 is 40.9 Å². The number of fused-ring (bicyclic) bond motifs is 1. The third-order valence-electron chi connectivity index (χ3n) is 3.92. The van der Waals surface area contributed by atoms with E-state index in [4.69, 9.17) is 4.42 Å². The molecule has 2 aromatic carbocycles. The van der Waals surface area contributed by atoms with E-state index < -0.39 is 0 Å². The van der Waals surface area contributed by atoms with Crippen LogP contribution in [0.4, 0.5) is 0 Å². The second-order valence-electron chi connectivity index (χ2n) is 5.91. The molecule has 0 aliphatic rings. The number of benzene rings is 2. The van der Waals surface area contributed by atoms with Crippen LogP contribution in [0.2, 0.25) is 0 Å². The Labute approximate surface area is 170 Å². The van der Waals surface area contributed by atoms with E-state index in [-0.39, 0.29) is 35.8 Å². The number of aromatic hydroxyl groups is 1. The first kappa shape index (κ1) is 20.1. The highest BCUT2D eigenvalue weighted by molar-refractivity contribution is 14.0. The summed E-state index contributed by atoms with van der Waals surface area (Å²) in [6, 6.07) is 17.1. The van der Waals surface area contributed by atoms with Gasteiger partial charge in [0.2, 0.25) is 0 Å².